The smallest absolute Gasteiger partial charge is 0.259 e. The van der Waals surface area contributed by atoms with E-state index in [1.165, 1.54) is 32.4 Å². The molecule has 2 amide bonds. The van der Waals surface area contributed by atoms with E-state index in [0.717, 1.165) is 6.07 Å². The highest BCUT2D eigenvalue weighted by Crippen LogP contribution is 2.21. The minimum atomic E-state index is -0.537. The van der Waals surface area contributed by atoms with Crippen LogP contribution in [0.25, 0.3) is 0 Å². The van der Waals surface area contributed by atoms with Gasteiger partial charge in [-0.1, -0.05) is 6.07 Å². The third-order valence-electron chi connectivity index (χ3n) is 3.02. The lowest BCUT2D eigenvalue weighted by Crippen LogP contribution is -2.18. The summed E-state index contributed by atoms with van der Waals surface area (Å²) in [6, 6.07) is 10.1. The number of halogens is 1. The lowest BCUT2D eigenvalue weighted by molar-refractivity contribution is 0.0961. The van der Waals surface area contributed by atoms with Crippen LogP contribution in [0, 0.1) is 5.82 Å². The van der Waals surface area contributed by atoms with Gasteiger partial charge in [0.2, 0.25) is 0 Å². The molecule has 2 aromatic carbocycles. The fourth-order valence-electron chi connectivity index (χ4n) is 1.94. The molecule has 6 heteroatoms. The molecule has 0 radical (unpaired) electrons. The molecule has 0 aliphatic heterocycles. The van der Waals surface area contributed by atoms with Crippen molar-refractivity contribution in [2.75, 3.05) is 19.5 Å². The Kier molecular flexibility index (Phi) is 4.73. The predicted molar refractivity (Wildman–Crippen MR) is 80.7 cm³/mol. The fraction of sp³-hybridized carbons (Fsp3) is 0.125. The molecule has 0 aromatic heterocycles. The van der Waals surface area contributed by atoms with Gasteiger partial charge in [0, 0.05) is 18.3 Å². The van der Waals surface area contributed by atoms with Crippen molar-refractivity contribution >= 4 is 17.5 Å². The molecule has 0 unspecified atom stereocenters. The summed E-state index contributed by atoms with van der Waals surface area (Å²) in [5.74, 6) is -1.06. The second kappa shape index (κ2) is 6.71. The highest BCUT2D eigenvalue weighted by molar-refractivity contribution is 6.06. The quantitative estimate of drug-likeness (QED) is 0.911. The number of benzene rings is 2. The van der Waals surface area contributed by atoms with Crippen molar-refractivity contribution in [2.45, 2.75) is 0 Å². The van der Waals surface area contributed by atoms with Crippen LogP contribution in [0.15, 0.2) is 42.5 Å². The number of rotatable bonds is 4. The summed E-state index contributed by atoms with van der Waals surface area (Å²) in [6.45, 7) is 0. The molecule has 2 rings (SSSR count). The molecular formula is C16H15FN2O3. The first-order chi connectivity index (χ1) is 10.5. The van der Waals surface area contributed by atoms with Crippen LogP contribution in [0.1, 0.15) is 20.7 Å². The van der Waals surface area contributed by atoms with Gasteiger partial charge in [-0.15, -0.1) is 0 Å². The van der Waals surface area contributed by atoms with Crippen LogP contribution in [-0.4, -0.2) is 26.0 Å². The fourth-order valence-corrected chi connectivity index (χ4v) is 1.94. The molecule has 2 N–H and O–H groups in total. The Hall–Kier alpha value is -2.89. The predicted octanol–water partition coefficient (Wildman–Crippen LogP) is 2.45. The van der Waals surface area contributed by atoms with E-state index in [1.54, 1.807) is 18.2 Å². The van der Waals surface area contributed by atoms with E-state index >= 15 is 0 Å². The van der Waals surface area contributed by atoms with Gasteiger partial charge in [0.05, 0.1) is 12.7 Å². The third-order valence-corrected chi connectivity index (χ3v) is 3.02. The van der Waals surface area contributed by atoms with Crippen molar-refractivity contribution in [3.05, 3.63) is 59.4 Å². The highest BCUT2D eigenvalue weighted by atomic mass is 19.1. The molecule has 0 spiro atoms. The Labute approximate surface area is 127 Å². The van der Waals surface area contributed by atoms with E-state index in [9.17, 15) is 14.0 Å². The van der Waals surface area contributed by atoms with Crippen molar-refractivity contribution < 1.29 is 18.7 Å². The van der Waals surface area contributed by atoms with Gasteiger partial charge >= 0.3 is 0 Å². The topological polar surface area (TPSA) is 67.4 Å². The van der Waals surface area contributed by atoms with Crippen LogP contribution in [0.2, 0.25) is 0 Å². The summed E-state index contributed by atoms with van der Waals surface area (Å²) >= 11 is 0. The van der Waals surface area contributed by atoms with Crippen LogP contribution < -0.4 is 15.4 Å². The molecule has 0 aliphatic carbocycles. The zero-order valence-corrected chi connectivity index (χ0v) is 12.1. The van der Waals surface area contributed by atoms with Crippen LogP contribution in [-0.2, 0) is 0 Å². The van der Waals surface area contributed by atoms with Crippen molar-refractivity contribution in [3.63, 3.8) is 0 Å². The van der Waals surface area contributed by atoms with Gasteiger partial charge < -0.3 is 15.4 Å². The van der Waals surface area contributed by atoms with Gasteiger partial charge in [0.15, 0.2) is 0 Å². The lowest BCUT2D eigenvalue weighted by atomic mass is 10.1. The highest BCUT2D eigenvalue weighted by Gasteiger charge is 2.14. The van der Waals surface area contributed by atoms with E-state index in [0.29, 0.717) is 11.3 Å². The van der Waals surface area contributed by atoms with Gasteiger partial charge in [-0.05, 0) is 36.4 Å². The molecule has 22 heavy (non-hydrogen) atoms. The van der Waals surface area contributed by atoms with Crippen molar-refractivity contribution in [1.82, 2.24) is 5.32 Å². The maximum absolute atomic E-state index is 13.3. The number of hydrogen-bond donors (Lipinski definition) is 2. The number of anilines is 1. The molecule has 0 saturated carbocycles. The van der Waals surface area contributed by atoms with Crippen LogP contribution in [0.4, 0.5) is 10.1 Å². The summed E-state index contributed by atoms with van der Waals surface area (Å²) in [5, 5.41) is 5.11. The molecule has 0 fully saturated rings. The minimum Gasteiger partial charge on any atom is -0.496 e. The first kappa shape index (κ1) is 15.5. The van der Waals surface area contributed by atoms with E-state index in [2.05, 4.69) is 10.6 Å². The van der Waals surface area contributed by atoms with Crippen molar-refractivity contribution in [3.8, 4) is 5.75 Å². The van der Waals surface area contributed by atoms with Crippen molar-refractivity contribution in [2.24, 2.45) is 0 Å². The van der Waals surface area contributed by atoms with Crippen LogP contribution in [0.5, 0.6) is 5.75 Å². The maximum atomic E-state index is 13.3. The molecular weight excluding hydrogens is 287 g/mol. The molecule has 0 bridgehead atoms. The molecule has 0 atom stereocenters. The number of carbonyl (C=O) groups is 2. The molecule has 5 nitrogen and oxygen atoms in total. The van der Waals surface area contributed by atoms with Gasteiger partial charge in [-0.3, -0.25) is 9.59 Å². The number of nitrogens with one attached hydrogen (secondary N) is 2. The summed E-state index contributed by atoms with van der Waals surface area (Å²) < 4.78 is 18.4. The summed E-state index contributed by atoms with van der Waals surface area (Å²) in [7, 11) is 2.92. The van der Waals surface area contributed by atoms with Gasteiger partial charge in [-0.2, -0.15) is 0 Å². The number of amides is 2. The summed E-state index contributed by atoms with van der Waals surface area (Å²) in [6.07, 6.45) is 0. The first-order valence-corrected chi connectivity index (χ1v) is 6.52. The number of methoxy groups -OCH3 is 1. The monoisotopic (exact) mass is 302 g/mol. The second-order valence-electron chi connectivity index (χ2n) is 4.46. The first-order valence-electron chi connectivity index (χ1n) is 6.52. The molecule has 0 heterocycles. The number of hydrogen-bond acceptors (Lipinski definition) is 3. The van der Waals surface area contributed by atoms with Gasteiger partial charge in [-0.25, -0.2) is 4.39 Å². The largest absolute Gasteiger partial charge is 0.496 e. The Bertz CT molecular complexity index is 716. The molecule has 114 valence electrons. The summed E-state index contributed by atoms with van der Waals surface area (Å²) in [4.78, 5) is 23.8. The normalized spacial score (nSPS) is 9.95. The number of carbonyl (C=O) groups excluding carboxylic acids is 2. The Morgan fingerprint density at radius 3 is 2.55 bits per heavy atom. The average molecular weight is 302 g/mol. The van der Waals surface area contributed by atoms with Gasteiger partial charge in [0.25, 0.3) is 11.8 Å². The van der Waals surface area contributed by atoms with E-state index in [1.807, 2.05) is 0 Å². The lowest BCUT2D eigenvalue weighted by Gasteiger charge is -2.10. The zero-order chi connectivity index (χ0) is 16.1. The Morgan fingerprint density at radius 1 is 1.09 bits per heavy atom. The van der Waals surface area contributed by atoms with Crippen molar-refractivity contribution in [1.29, 1.82) is 0 Å². The SMILES string of the molecule is CNC(=O)c1cccc(NC(=O)c2cc(F)ccc2OC)c1. The Balaban J connectivity index is 2.26. The van der Waals surface area contributed by atoms with Gasteiger partial charge in [0.1, 0.15) is 11.6 Å². The maximum Gasteiger partial charge on any atom is 0.259 e. The van der Waals surface area contributed by atoms with E-state index < -0.39 is 11.7 Å². The van der Waals surface area contributed by atoms with Crippen LogP contribution >= 0.6 is 0 Å². The Morgan fingerprint density at radius 2 is 1.86 bits per heavy atom. The standard InChI is InChI=1S/C16H15FN2O3/c1-18-15(20)10-4-3-5-12(8-10)19-16(21)13-9-11(17)6-7-14(13)22-2/h3-9H,1-2H3,(H,18,20)(H,19,21). The molecule has 2 aromatic rings. The average Bonchev–Trinajstić information content (AvgIpc) is 2.54. The third kappa shape index (κ3) is 3.41. The zero-order valence-electron chi connectivity index (χ0n) is 12.1. The molecule has 0 saturated heterocycles. The minimum absolute atomic E-state index is 0.0767. The second-order valence-corrected chi connectivity index (χ2v) is 4.46. The van der Waals surface area contributed by atoms with Crippen LogP contribution in [0.3, 0.4) is 0 Å². The summed E-state index contributed by atoms with van der Waals surface area (Å²) in [5.41, 5.74) is 0.914. The number of ether oxygens (including phenoxy) is 1. The molecule has 0 aliphatic rings. The van der Waals surface area contributed by atoms with E-state index in [-0.39, 0.29) is 17.2 Å². The van der Waals surface area contributed by atoms with E-state index in [4.69, 9.17) is 4.74 Å².